The third-order valence-electron chi connectivity index (χ3n) is 1.95. The molecule has 0 atom stereocenters. The van der Waals surface area contributed by atoms with Crippen LogP contribution >= 0.6 is 11.9 Å². The lowest BCUT2D eigenvalue weighted by Crippen LogP contribution is -2.32. The van der Waals surface area contributed by atoms with E-state index in [-0.39, 0.29) is 0 Å². The number of hydrogen-bond acceptors (Lipinski definition) is 3. The highest BCUT2D eigenvalue weighted by Crippen LogP contribution is 2.19. The van der Waals surface area contributed by atoms with E-state index in [4.69, 9.17) is 0 Å². The Hall–Kier alpha value is 0.270. The van der Waals surface area contributed by atoms with E-state index < -0.39 is 0 Å². The minimum absolute atomic E-state index is 0.848. The van der Waals surface area contributed by atoms with Gasteiger partial charge in [0.2, 0.25) is 0 Å². The van der Waals surface area contributed by atoms with Crippen LogP contribution in [0.2, 0.25) is 0 Å². The maximum atomic E-state index is 3.15. The Morgan fingerprint density at radius 2 is 2.00 bits per heavy atom. The minimum Gasteiger partial charge on any atom is -0.306 e. The van der Waals surface area contributed by atoms with Crippen molar-refractivity contribution in [3.63, 3.8) is 0 Å². The van der Waals surface area contributed by atoms with Crippen LogP contribution in [0.5, 0.6) is 0 Å². The largest absolute Gasteiger partial charge is 0.306 e. The Labute approximate surface area is 67.5 Å². The summed E-state index contributed by atoms with van der Waals surface area (Å²) in [7, 11) is 4.20. The second-order valence-electron chi connectivity index (χ2n) is 2.82. The van der Waals surface area contributed by atoms with Crippen LogP contribution in [0.25, 0.3) is 0 Å². The second kappa shape index (κ2) is 4.21. The van der Waals surface area contributed by atoms with Crippen molar-refractivity contribution in [1.29, 1.82) is 0 Å². The first-order chi connectivity index (χ1) is 4.83. The molecule has 1 rings (SSSR count). The third kappa shape index (κ3) is 2.48. The van der Waals surface area contributed by atoms with E-state index in [1.54, 1.807) is 0 Å². The van der Waals surface area contributed by atoms with Gasteiger partial charge in [0.1, 0.15) is 0 Å². The molecule has 0 aromatic carbocycles. The quantitative estimate of drug-likeness (QED) is 0.605. The van der Waals surface area contributed by atoms with E-state index in [2.05, 4.69) is 16.7 Å². The number of likely N-dealkylation sites (tertiary alicyclic amines) is 1. The highest BCUT2D eigenvalue weighted by Gasteiger charge is 2.15. The SMILES string of the molecule is CNSC1CCN(C)CC1. The molecule has 0 aromatic rings. The summed E-state index contributed by atoms with van der Waals surface area (Å²) >= 11 is 1.88. The van der Waals surface area contributed by atoms with Gasteiger partial charge in [-0.25, -0.2) is 0 Å². The van der Waals surface area contributed by atoms with Gasteiger partial charge >= 0.3 is 0 Å². The van der Waals surface area contributed by atoms with E-state index in [9.17, 15) is 0 Å². The van der Waals surface area contributed by atoms with Crippen molar-refractivity contribution in [1.82, 2.24) is 9.62 Å². The fourth-order valence-corrected chi connectivity index (χ4v) is 2.05. The van der Waals surface area contributed by atoms with Crippen molar-refractivity contribution < 1.29 is 0 Å². The van der Waals surface area contributed by atoms with Crippen LogP contribution in [0.15, 0.2) is 0 Å². The molecule has 0 aromatic heterocycles. The smallest absolute Gasteiger partial charge is 0.0217 e. The molecule has 1 N–H and O–H groups in total. The molecular weight excluding hydrogens is 144 g/mol. The van der Waals surface area contributed by atoms with Gasteiger partial charge in [0, 0.05) is 5.25 Å². The van der Waals surface area contributed by atoms with E-state index in [0.29, 0.717) is 0 Å². The summed E-state index contributed by atoms with van der Waals surface area (Å²) in [6.07, 6.45) is 2.67. The molecule has 1 aliphatic heterocycles. The lowest BCUT2D eigenvalue weighted by molar-refractivity contribution is 0.282. The van der Waals surface area contributed by atoms with Crippen LogP contribution < -0.4 is 4.72 Å². The summed E-state index contributed by atoms with van der Waals surface area (Å²) in [6, 6.07) is 0. The Morgan fingerprint density at radius 3 is 2.50 bits per heavy atom. The van der Waals surface area contributed by atoms with Crippen molar-refractivity contribution >= 4 is 11.9 Å². The van der Waals surface area contributed by atoms with Crippen LogP contribution in [0.1, 0.15) is 12.8 Å². The topological polar surface area (TPSA) is 15.3 Å². The maximum absolute atomic E-state index is 3.15. The summed E-state index contributed by atoms with van der Waals surface area (Å²) in [5, 5.41) is 0.848. The first-order valence-corrected chi connectivity index (χ1v) is 4.72. The molecule has 60 valence electrons. The van der Waals surface area contributed by atoms with Gasteiger partial charge < -0.3 is 4.90 Å². The monoisotopic (exact) mass is 160 g/mol. The highest BCUT2D eigenvalue weighted by molar-refractivity contribution is 7.98. The van der Waals surface area contributed by atoms with Crippen LogP contribution in [0.4, 0.5) is 0 Å². The molecule has 0 saturated carbocycles. The van der Waals surface area contributed by atoms with Gasteiger partial charge in [0.15, 0.2) is 0 Å². The molecule has 3 heteroatoms. The molecule has 0 radical (unpaired) electrons. The molecule has 0 aliphatic carbocycles. The van der Waals surface area contributed by atoms with Gasteiger partial charge in [-0.2, -0.15) is 0 Å². The fourth-order valence-electron chi connectivity index (χ4n) is 1.27. The second-order valence-corrected chi connectivity index (χ2v) is 4.14. The third-order valence-corrected chi connectivity index (χ3v) is 2.99. The van der Waals surface area contributed by atoms with Gasteiger partial charge in [-0.3, -0.25) is 4.72 Å². The zero-order valence-corrected chi connectivity index (χ0v) is 7.58. The molecule has 1 heterocycles. The maximum Gasteiger partial charge on any atom is 0.0217 e. The molecule has 10 heavy (non-hydrogen) atoms. The van der Waals surface area contributed by atoms with Gasteiger partial charge in [0.05, 0.1) is 0 Å². The summed E-state index contributed by atoms with van der Waals surface area (Å²) in [5.41, 5.74) is 0. The zero-order chi connectivity index (χ0) is 7.40. The van der Waals surface area contributed by atoms with Crippen molar-refractivity contribution in [2.45, 2.75) is 18.1 Å². The Kier molecular flexibility index (Phi) is 3.52. The lowest BCUT2D eigenvalue weighted by atomic mass is 10.1. The summed E-state index contributed by atoms with van der Waals surface area (Å²) < 4.78 is 3.15. The first kappa shape index (κ1) is 8.37. The molecule has 1 saturated heterocycles. The average Bonchev–Trinajstić information content (AvgIpc) is 1.95. The normalized spacial score (nSPS) is 23.4. The Morgan fingerprint density at radius 1 is 1.40 bits per heavy atom. The Bertz CT molecular complexity index is 89.6. The highest BCUT2D eigenvalue weighted by atomic mass is 32.2. The van der Waals surface area contributed by atoms with Gasteiger partial charge in [-0.1, -0.05) is 11.9 Å². The van der Waals surface area contributed by atoms with Crippen molar-refractivity contribution in [3.05, 3.63) is 0 Å². The number of nitrogens with one attached hydrogen (secondary N) is 1. The number of hydrogen-bond donors (Lipinski definition) is 1. The minimum atomic E-state index is 0.848. The van der Waals surface area contributed by atoms with Gasteiger partial charge in [-0.05, 0) is 40.0 Å². The number of rotatable bonds is 2. The van der Waals surface area contributed by atoms with E-state index in [1.807, 2.05) is 19.0 Å². The molecule has 1 aliphatic rings. The lowest BCUT2D eigenvalue weighted by Gasteiger charge is -2.27. The molecule has 0 amide bonds. The van der Waals surface area contributed by atoms with Gasteiger partial charge in [0.25, 0.3) is 0 Å². The van der Waals surface area contributed by atoms with Crippen LogP contribution in [0.3, 0.4) is 0 Å². The predicted molar refractivity (Wildman–Crippen MR) is 47.2 cm³/mol. The Balaban J connectivity index is 2.13. The van der Waals surface area contributed by atoms with Crippen LogP contribution in [0, 0.1) is 0 Å². The average molecular weight is 160 g/mol. The standard InChI is InChI=1S/C7H16N2S/c1-8-10-7-3-5-9(2)6-4-7/h7-8H,3-6H2,1-2H3. The van der Waals surface area contributed by atoms with E-state index in [1.165, 1.54) is 25.9 Å². The summed E-state index contributed by atoms with van der Waals surface area (Å²) in [5.74, 6) is 0. The molecule has 1 fully saturated rings. The molecule has 0 bridgehead atoms. The van der Waals surface area contributed by atoms with Gasteiger partial charge in [-0.15, -0.1) is 0 Å². The van der Waals surface area contributed by atoms with E-state index >= 15 is 0 Å². The van der Waals surface area contributed by atoms with Crippen molar-refractivity contribution in [3.8, 4) is 0 Å². The van der Waals surface area contributed by atoms with Crippen molar-refractivity contribution in [2.24, 2.45) is 0 Å². The van der Waals surface area contributed by atoms with Crippen molar-refractivity contribution in [2.75, 3.05) is 27.2 Å². The summed E-state index contributed by atoms with van der Waals surface area (Å²) in [4.78, 5) is 2.40. The molecule has 0 spiro atoms. The molecular formula is C7H16N2S. The van der Waals surface area contributed by atoms with E-state index in [0.717, 1.165) is 5.25 Å². The molecule has 0 unspecified atom stereocenters. The zero-order valence-electron chi connectivity index (χ0n) is 6.76. The van der Waals surface area contributed by atoms with Crippen LogP contribution in [-0.4, -0.2) is 37.3 Å². The first-order valence-electron chi connectivity index (χ1n) is 3.84. The number of piperidine rings is 1. The fraction of sp³-hybridized carbons (Fsp3) is 1.00. The van der Waals surface area contributed by atoms with Crippen LogP contribution in [-0.2, 0) is 0 Å². The predicted octanol–water partition coefficient (Wildman–Crippen LogP) is 0.948. The number of nitrogens with zero attached hydrogens (tertiary/aromatic N) is 1. The summed E-state index contributed by atoms with van der Waals surface area (Å²) in [6.45, 7) is 2.53. The molecule has 2 nitrogen and oxygen atoms in total.